The second-order valence-corrected chi connectivity index (χ2v) is 3.94. The smallest absolute Gasteiger partial charge is 0.146 e. The van der Waals surface area contributed by atoms with Gasteiger partial charge in [-0.3, -0.25) is 0 Å². The van der Waals surface area contributed by atoms with Gasteiger partial charge >= 0.3 is 0 Å². The van der Waals surface area contributed by atoms with Gasteiger partial charge in [-0.15, -0.1) is 10.2 Å². The van der Waals surface area contributed by atoms with Gasteiger partial charge in [-0.25, -0.2) is 0 Å². The number of halogens is 1. The molecule has 0 spiro atoms. The van der Waals surface area contributed by atoms with Crippen molar-refractivity contribution in [2.24, 2.45) is 10.2 Å². The first-order valence-corrected chi connectivity index (χ1v) is 5.36. The van der Waals surface area contributed by atoms with Gasteiger partial charge in [0.25, 0.3) is 0 Å². The number of hydrogen-bond donors (Lipinski definition) is 3. The Morgan fingerprint density at radius 1 is 0.778 bits per heavy atom. The highest BCUT2D eigenvalue weighted by molar-refractivity contribution is 6.30. The summed E-state index contributed by atoms with van der Waals surface area (Å²) in [4.78, 5) is 0. The number of nitrogens with zero attached hydrogens (tertiary/aromatic N) is 2. The molecule has 3 N–H and O–H groups in total. The summed E-state index contributed by atoms with van der Waals surface area (Å²) in [6.07, 6.45) is 0. The summed E-state index contributed by atoms with van der Waals surface area (Å²) in [5, 5.41) is 36.1. The quantitative estimate of drug-likeness (QED) is 0.720. The molecule has 2 rings (SSSR count). The third-order valence-corrected chi connectivity index (χ3v) is 2.40. The van der Waals surface area contributed by atoms with Gasteiger partial charge in [0.05, 0.1) is 0 Å². The number of phenols is 3. The summed E-state index contributed by atoms with van der Waals surface area (Å²) in [6.45, 7) is 0. The molecule has 0 aromatic heterocycles. The Hall–Kier alpha value is -2.27. The minimum Gasteiger partial charge on any atom is -0.508 e. The summed E-state index contributed by atoms with van der Waals surface area (Å²) < 4.78 is 0. The maximum absolute atomic E-state index is 9.51. The minimum atomic E-state index is -0.208. The van der Waals surface area contributed by atoms with E-state index in [0.29, 0.717) is 5.02 Å². The highest BCUT2D eigenvalue weighted by atomic mass is 35.5. The first-order chi connectivity index (χ1) is 8.56. The van der Waals surface area contributed by atoms with Crippen LogP contribution in [-0.4, -0.2) is 15.3 Å². The van der Waals surface area contributed by atoms with Gasteiger partial charge in [-0.05, 0) is 30.3 Å². The van der Waals surface area contributed by atoms with Crippen LogP contribution in [0.4, 0.5) is 11.4 Å². The Labute approximate surface area is 108 Å². The Kier molecular flexibility index (Phi) is 3.34. The molecule has 5 nitrogen and oxygen atoms in total. The predicted molar refractivity (Wildman–Crippen MR) is 67.1 cm³/mol. The van der Waals surface area contributed by atoms with E-state index in [1.54, 1.807) is 0 Å². The molecule has 2 aromatic rings. The van der Waals surface area contributed by atoms with Crippen molar-refractivity contribution in [3.63, 3.8) is 0 Å². The molecule has 6 heteroatoms. The number of aromatic hydroxyl groups is 3. The molecule has 0 radical (unpaired) electrons. The van der Waals surface area contributed by atoms with Crippen LogP contribution in [0.25, 0.3) is 0 Å². The molecule has 0 fully saturated rings. The van der Waals surface area contributed by atoms with E-state index in [2.05, 4.69) is 10.2 Å². The van der Waals surface area contributed by atoms with Crippen LogP contribution >= 0.6 is 11.6 Å². The molecular formula is C12H9ClN2O3. The van der Waals surface area contributed by atoms with Crippen LogP contribution < -0.4 is 0 Å². The van der Waals surface area contributed by atoms with Gasteiger partial charge < -0.3 is 15.3 Å². The first-order valence-electron chi connectivity index (χ1n) is 4.98. The van der Waals surface area contributed by atoms with Crippen LogP contribution in [-0.2, 0) is 0 Å². The van der Waals surface area contributed by atoms with E-state index in [1.165, 1.54) is 30.3 Å². The molecule has 2 aromatic carbocycles. The number of azo groups is 1. The van der Waals surface area contributed by atoms with Gasteiger partial charge in [0.15, 0.2) is 0 Å². The van der Waals surface area contributed by atoms with Gasteiger partial charge in [0.1, 0.15) is 28.6 Å². The number of hydrogen-bond acceptors (Lipinski definition) is 5. The standard InChI is InChI=1S/C12H9ClN2O3/c13-7-1-4-11(17)10(5-7)15-14-9-3-2-8(16)6-12(9)18/h1-6,16-18H. The van der Waals surface area contributed by atoms with Crippen molar-refractivity contribution < 1.29 is 15.3 Å². The monoisotopic (exact) mass is 264 g/mol. The maximum atomic E-state index is 9.51. The van der Waals surface area contributed by atoms with Crippen molar-refractivity contribution in [1.29, 1.82) is 0 Å². The molecule has 18 heavy (non-hydrogen) atoms. The van der Waals surface area contributed by atoms with E-state index in [1.807, 2.05) is 0 Å². The van der Waals surface area contributed by atoms with Crippen molar-refractivity contribution in [2.75, 3.05) is 0 Å². The number of benzene rings is 2. The molecule has 0 aliphatic rings. The lowest BCUT2D eigenvalue weighted by Gasteiger charge is -2.00. The van der Waals surface area contributed by atoms with Crippen LogP contribution in [0.3, 0.4) is 0 Å². The topological polar surface area (TPSA) is 85.4 Å². The zero-order valence-corrected chi connectivity index (χ0v) is 9.83. The molecule has 0 aliphatic carbocycles. The van der Waals surface area contributed by atoms with E-state index in [0.717, 1.165) is 6.07 Å². The lowest BCUT2D eigenvalue weighted by atomic mass is 10.3. The Morgan fingerprint density at radius 3 is 2.22 bits per heavy atom. The Morgan fingerprint density at radius 2 is 1.50 bits per heavy atom. The van der Waals surface area contributed by atoms with E-state index in [9.17, 15) is 10.2 Å². The summed E-state index contributed by atoms with van der Waals surface area (Å²) in [5.74, 6) is -0.348. The van der Waals surface area contributed by atoms with Crippen LogP contribution in [0, 0.1) is 0 Å². The normalized spacial score (nSPS) is 10.9. The summed E-state index contributed by atoms with van der Waals surface area (Å²) in [5.41, 5.74) is 0.363. The highest BCUT2D eigenvalue weighted by Gasteiger charge is 2.03. The summed E-state index contributed by atoms with van der Waals surface area (Å²) in [7, 11) is 0. The maximum Gasteiger partial charge on any atom is 0.146 e. The molecule has 0 bridgehead atoms. The average Bonchev–Trinajstić information content (AvgIpc) is 2.32. The fraction of sp³-hybridized carbons (Fsp3) is 0. The first kappa shape index (κ1) is 12.2. The third kappa shape index (κ3) is 2.70. The van der Waals surface area contributed by atoms with Crippen molar-refractivity contribution >= 4 is 23.0 Å². The molecule has 0 heterocycles. The van der Waals surface area contributed by atoms with E-state index in [-0.39, 0.29) is 28.6 Å². The second kappa shape index (κ2) is 4.93. The molecule has 0 saturated heterocycles. The molecule has 0 saturated carbocycles. The SMILES string of the molecule is Oc1ccc(N=Nc2cc(Cl)ccc2O)c(O)c1. The zero-order chi connectivity index (χ0) is 13.1. The van der Waals surface area contributed by atoms with Gasteiger partial charge in [0.2, 0.25) is 0 Å². The fourth-order valence-electron chi connectivity index (χ4n) is 1.28. The van der Waals surface area contributed by atoms with E-state index < -0.39 is 0 Å². The Bertz CT molecular complexity index is 614. The number of phenolic OH excluding ortho intramolecular Hbond substituents is 3. The average molecular weight is 265 g/mol. The molecule has 0 atom stereocenters. The minimum absolute atomic E-state index is 0.0681. The van der Waals surface area contributed by atoms with E-state index in [4.69, 9.17) is 16.7 Å². The zero-order valence-electron chi connectivity index (χ0n) is 9.08. The van der Waals surface area contributed by atoms with Crippen LogP contribution in [0.2, 0.25) is 5.02 Å². The van der Waals surface area contributed by atoms with Crippen LogP contribution in [0.1, 0.15) is 0 Å². The molecule has 0 unspecified atom stereocenters. The Balaban J connectivity index is 2.32. The van der Waals surface area contributed by atoms with Gasteiger partial charge in [-0.2, -0.15) is 0 Å². The predicted octanol–water partition coefficient (Wildman–Crippen LogP) is 3.87. The van der Waals surface area contributed by atoms with Gasteiger partial charge in [-0.1, -0.05) is 11.6 Å². The summed E-state index contributed by atoms with van der Waals surface area (Å²) >= 11 is 5.76. The van der Waals surface area contributed by atoms with Crippen LogP contribution in [0.15, 0.2) is 46.6 Å². The molecular weight excluding hydrogens is 256 g/mol. The lowest BCUT2D eigenvalue weighted by molar-refractivity contribution is 0.451. The fourth-order valence-corrected chi connectivity index (χ4v) is 1.45. The summed E-state index contributed by atoms with van der Waals surface area (Å²) in [6, 6.07) is 8.27. The van der Waals surface area contributed by atoms with Crippen molar-refractivity contribution in [3.8, 4) is 17.2 Å². The third-order valence-electron chi connectivity index (χ3n) is 2.16. The highest BCUT2D eigenvalue weighted by Crippen LogP contribution is 2.34. The lowest BCUT2D eigenvalue weighted by Crippen LogP contribution is -1.70. The van der Waals surface area contributed by atoms with Crippen molar-refractivity contribution in [2.45, 2.75) is 0 Å². The molecule has 92 valence electrons. The van der Waals surface area contributed by atoms with Crippen LogP contribution in [0.5, 0.6) is 17.2 Å². The van der Waals surface area contributed by atoms with E-state index >= 15 is 0 Å². The largest absolute Gasteiger partial charge is 0.508 e. The second-order valence-electron chi connectivity index (χ2n) is 3.51. The van der Waals surface area contributed by atoms with Gasteiger partial charge in [0, 0.05) is 11.1 Å². The van der Waals surface area contributed by atoms with Crippen molar-refractivity contribution in [3.05, 3.63) is 41.4 Å². The van der Waals surface area contributed by atoms with Crippen molar-refractivity contribution in [1.82, 2.24) is 0 Å². The molecule has 0 amide bonds. The molecule has 0 aliphatic heterocycles. The number of rotatable bonds is 2.